The van der Waals surface area contributed by atoms with E-state index in [1.807, 2.05) is 36.4 Å². The second kappa shape index (κ2) is 36.2. The van der Waals surface area contributed by atoms with Gasteiger partial charge in [0.1, 0.15) is 53.9 Å². The van der Waals surface area contributed by atoms with Crippen LogP contribution in [0.4, 0.5) is 15.3 Å². The van der Waals surface area contributed by atoms with Crippen molar-refractivity contribution in [2.75, 3.05) is 66.4 Å². The van der Waals surface area contributed by atoms with Crippen LogP contribution in [-0.4, -0.2) is 241 Å². The van der Waals surface area contributed by atoms with E-state index in [-0.39, 0.29) is 99.2 Å². The van der Waals surface area contributed by atoms with Gasteiger partial charge < -0.3 is 107 Å². The first-order valence-electron chi connectivity index (χ1n) is 32.6. The number of hydrogen-bond donors (Lipinski definition) is 12. The number of nitrogens with one attached hydrogen (secondary N) is 4. The van der Waals surface area contributed by atoms with Gasteiger partial charge in [-0.15, -0.1) is 0 Å². The molecule has 2 amide bonds. The van der Waals surface area contributed by atoms with Crippen LogP contribution >= 0.6 is 55.5 Å². The molecule has 556 valence electrons. The van der Waals surface area contributed by atoms with E-state index in [4.69, 9.17) is 70.8 Å². The number of ether oxygens (including phenoxy) is 13. The van der Waals surface area contributed by atoms with Gasteiger partial charge in [0.15, 0.2) is 36.0 Å². The number of carbonyl (C=O) groups excluding carboxylic acids is 2. The molecule has 21 atom stereocenters. The molecule has 4 aliphatic heterocycles. The van der Waals surface area contributed by atoms with Gasteiger partial charge in [-0.3, -0.25) is 15.5 Å². The summed E-state index contributed by atoms with van der Waals surface area (Å²) in [4.78, 5) is 44.4. The third kappa shape index (κ3) is 18.9. The lowest BCUT2D eigenvalue weighted by Crippen LogP contribution is -2.65. The van der Waals surface area contributed by atoms with E-state index in [9.17, 15) is 50.1 Å². The van der Waals surface area contributed by atoms with Crippen LogP contribution in [0, 0.1) is 41.1 Å². The molecular formula is C68H89IN4O25S3. The predicted octanol–water partition coefficient (Wildman–Crippen LogP) is 4.39. The molecule has 11 N–H and O–H groups in total. The van der Waals surface area contributed by atoms with E-state index in [0.29, 0.717) is 32.3 Å². The van der Waals surface area contributed by atoms with Crippen molar-refractivity contribution in [1.29, 1.82) is 0 Å². The summed E-state index contributed by atoms with van der Waals surface area (Å²) < 4.78 is 84.2. The van der Waals surface area contributed by atoms with Crippen LogP contribution in [0.1, 0.15) is 70.6 Å². The monoisotopic (exact) mass is 1580 g/mol. The Hall–Kier alpha value is -5.14. The van der Waals surface area contributed by atoms with Crippen molar-refractivity contribution in [2.24, 2.45) is 0 Å². The van der Waals surface area contributed by atoms with E-state index in [2.05, 4.69) is 45.1 Å². The molecular weight excluding hydrogens is 1500 g/mol. The zero-order valence-electron chi connectivity index (χ0n) is 57.7. The second-order valence-corrected chi connectivity index (χ2v) is 29.9. The van der Waals surface area contributed by atoms with Gasteiger partial charge in [-0.1, -0.05) is 58.3 Å². The summed E-state index contributed by atoms with van der Waals surface area (Å²) in [5.74, 6) is 12.1. The molecule has 0 unspecified atom stereocenters. The highest BCUT2D eigenvalue weighted by atomic mass is 127. The van der Waals surface area contributed by atoms with E-state index in [1.54, 1.807) is 59.9 Å². The third-order valence-electron chi connectivity index (χ3n) is 17.8. The SMILES string of the molecule is CCN[C@H]1CO[C@@H](O[C@H]2[C@H](O[C@H]3C#CC=CC#C[C@]4(O)C[C@H](O)C(NC(=O)OC)=C3/C4=C\CSS[C@H](C)COC(=O)Nc3ccc4c(C)cc(=O)oc4c3)O[C@H](C)[C@@H](NO[C@H]3C[C@H](O)[C@H]([SH]=C(O)c4c(C)c(I)c(O[C@@H]5O[C@@H](C)[C@H](O)[C@@H](OC)[C@H]5O)c(OC)c4OC)[C@@H](C)O3)[C@@H]2O)C[C@@H]1OC. The van der Waals surface area contributed by atoms with Gasteiger partial charge in [0.25, 0.3) is 0 Å². The number of carbonyl (C=O) groups is 2. The number of rotatable bonds is 25. The Kier molecular flexibility index (Phi) is 28.7. The van der Waals surface area contributed by atoms with Crippen molar-refractivity contribution in [3.05, 3.63) is 90.0 Å². The fraction of sp³-hybridized carbons (Fsp3) is 0.588. The highest BCUT2D eigenvalue weighted by molar-refractivity contribution is 14.1. The number of anilines is 1. The van der Waals surface area contributed by atoms with Crippen molar-refractivity contribution in [3.8, 4) is 40.9 Å². The first kappa shape index (κ1) is 80.0. The average molecular weight is 1590 g/mol. The van der Waals surface area contributed by atoms with Gasteiger partial charge in [0.2, 0.25) is 12.0 Å². The molecule has 0 spiro atoms. The Bertz CT molecular complexity index is 3740. The Morgan fingerprint density at radius 2 is 1.60 bits per heavy atom. The lowest BCUT2D eigenvalue weighted by Gasteiger charge is -2.47. The molecule has 2 aliphatic carbocycles. The van der Waals surface area contributed by atoms with Crippen LogP contribution in [0.5, 0.6) is 17.2 Å². The summed E-state index contributed by atoms with van der Waals surface area (Å²) in [5, 5.41) is 91.1. The minimum absolute atomic E-state index is 0.00626. The molecule has 2 aromatic carbocycles. The summed E-state index contributed by atoms with van der Waals surface area (Å²) >= 11 is 2.26. The quantitative estimate of drug-likeness (QED) is 0.00818. The van der Waals surface area contributed by atoms with Gasteiger partial charge in [0.05, 0.1) is 96.7 Å². The number of hydroxylamine groups is 1. The summed E-state index contributed by atoms with van der Waals surface area (Å²) in [6.45, 7) is 13.0. The third-order valence-corrected chi connectivity index (χ3v) is 23.3. The Balaban J connectivity index is 0.932. The predicted molar refractivity (Wildman–Crippen MR) is 383 cm³/mol. The molecule has 101 heavy (non-hydrogen) atoms. The zero-order valence-corrected chi connectivity index (χ0v) is 62.3. The number of aryl methyl sites for hydroxylation is 1. The van der Waals surface area contributed by atoms with Gasteiger partial charge in [-0.25, -0.2) is 14.4 Å². The molecule has 0 saturated carbocycles. The maximum atomic E-state index is 13.2. The van der Waals surface area contributed by atoms with E-state index in [0.717, 1.165) is 12.7 Å². The van der Waals surface area contributed by atoms with Crippen LogP contribution in [-0.2, 0) is 52.2 Å². The van der Waals surface area contributed by atoms with E-state index >= 15 is 0 Å². The van der Waals surface area contributed by atoms with E-state index in [1.165, 1.54) is 67.2 Å². The summed E-state index contributed by atoms with van der Waals surface area (Å²) in [6.07, 6.45) is -16.3. The van der Waals surface area contributed by atoms with Crippen LogP contribution in [0.2, 0.25) is 0 Å². The van der Waals surface area contributed by atoms with Gasteiger partial charge >= 0.3 is 17.8 Å². The van der Waals surface area contributed by atoms with Crippen LogP contribution in [0.15, 0.2) is 68.5 Å². The maximum absolute atomic E-state index is 13.2. The number of hydrogen-bond acceptors (Lipinski definition) is 28. The number of aliphatic hydroxyl groups excluding tert-OH is 6. The standard InChI is InChI=1S/C68H89IN4O25S3/c1-13-70-40-30-89-47(27-45(40)84-8)96-60-55(78)52(73-98-48-26-41(74)62(36(7)91-48)100-63(80)49-33(4)51(69)58(61(87-11)57(49)85-9)97-64-56(79)59(86-10)54(77)35(6)93-64)34(5)92-65(60)95-43-18-16-14-15-17-22-68(83)28-42(75)53(72-66(81)88-12)50(43)39(68)21-23-99-101-32(3)29-90-67(82)71-37-19-20-38-31(2)24-46(76)94-44(38)25-37/h14-15,19-21,24-25,32,34-36,40-43,45,47-48,52,54-56,59-60,62,64-65,70,73-75,77-80,83,100H,13,23,26-30H2,1-12H3,(H,71,82)(H,72,81)/b15-14?,39-21+/t32-,34-,35+,36-,40+,41+,42+,43+,45+,47+,48+,52-,54+,55+,56-,59-,60-,62-,64+,65+,68+/m1/s1. The first-order chi connectivity index (χ1) is 48.3. The van der Waals surface area contributed by atoms with Crippen LogP contribution in [0.25, 0.3) is 11.0 Å². The van der Waals surface area contributed by atoms with Gasteiger partial charge in [-0.2, -0.15) is 16.8 Å². The van der Waals surface area contributed by atoms with Crippen molar-refractivity contribution in [3.63, 3.8) is 0 Å². The lowest BCUT2D eigenvalue weighted by atomic mass is 9.74. The molecule has 9 rings (SSSR count). The van der Waals surface area contributed by atoms with Gasteiger partial charge in [0, 0.05) is 78.8 Å². The van der Waals surface area contributed by atoms with Crippen molar-refractivity contribution < 1.29 is 116 Å². The van der Waals surface area contributed by atoms with Crippen molar-refractivity contribution >= 4 is 89.4 Å². The van der Waals surface area contributed by atoms with E-state index < -0.39 is 140 Å². The highest BCUT2D eigenvalue weighted by Crippen LogP contribution is 2.48. The number of fused-ring (bicyclic) bond motifs is 3. The molecule has 6 aliphatic rings. The normalized spacial score (nSPS) is 32.8. The zero-order chi connectivity index (χ0) is 73.1. The minimum Gasteiger partial charge on any atom is -0.492 e. The molecule has 0 radical (unpaired) electrons. The number of methoxy groups -OCH3 is 5. The number of likely N-dealkylation sites (N-methyl/N-ethyl adjacent to an activating group) is 1. The molecule has 3 aromatic rings. The summed E-state index contributed by atoms with van der Waals surface area (Å²) in [7, 11) is 9.53. The number of allylic oxidation sites excluding steroid dienone is 2. The number of amides is 2. The molecule has 2 bridgehead atoms. The van der Waals surface area contributed by atoms with Gasteiger partial charge in [-0.05, 0) is 106 Å². The smallest absolute Gasteiger partial charge is 0.411 e. The summed E-state index contributed by atoms with van der Waals surface area (Å²) in [6, 6.07) is 4.98. The largest absolute Gasteiger partial charge is 0.492 e. The lowest BCUT2D eigenvalue weighted by molar-refractivity contribution is -0.336. The second-order valence-electron chi connectivity index (χ2n) is 24.7. The molecule has 1 aromatic heterocycles. The van der Waals surface area contributed by atoms with Crippen molar-refractivity contribution in [2.45, 2.75) is 194 Å². The van der Waals surface area contributed by atoms with Crippen molar-refractivity contribution in [1.82, 2.24) is 16.1 Å². The summed E-state index contributed by atoms with van der Waals surface area (Å²) in [5.41, 5.74) is 2.41. The van der Waals surface area contributed by atoms with Crippen LogP contribution < -0.4 is 41.3 Å². The maximum Gasteiger partial charge on any atom is 0.411 e. The first-order valence-corrected chi connectivity index (χ1v) is 37.0. The average Bonchev–Trinajstić information content (AvgIpc) is 0.756. The molecule has 5 heterocycles. The fourth-order valence-corrected chi connectivity index (χ4v) is 16.4. The number of aliphatic hydroxyl groups is 7. The number of thiol groups is 1. The highest BCUT2D eigenvalue weighted by Gasteiger charge is 2.52. The number of halogens is 1. The Morgan fingerprint density at radius 3 is 2.31 bits per heavy atom. The minimum atomic E-state index is -2.09. The molecule has 4 fully saturated rings. The number of benzene rings is 2. The Morgan fingerprint density at radius 1 is 0.861 bits per heavy atom. The number of alkyl carbamates (subject to hydrolysis) is 1. The molecule has 29 nitrogen and oxygen atoms in total. The Labute approximate surface area is 609 Å². The van der Waals surface area contributed by atoms with Crippen LogP contribution in [0.3, 0.4) is 0 Å². The topological polar surface area (TPSA) is 383 Å². The molecule has 33 heteroatoms. The fourth-order valence-electron chi connectivity index (χ4n) is 12.6. The molecule has 4 saturated heterocycles.